The van der Waals surface area contributed by atoms with Crippen LogP contribution in [0.4, 0.5) is 0 Å². The molecule has 0 saturated carbocycles. The predicted molar refractivity (Wildman–Crippen MR) is 258 cm³/mol. The number of quaternary nitrogens is 1. The average Bonchev–Trinajstić information content (AvgIpc) is 3.23. The van der Waals surface area contributed by atoms with Crippen LogP contribution in [0.1, 0.15) is 187 Å². The molecule has 0 heterocycles. The van der Waals surface area contributed by atoms with Crippen molar-refractivity contribution in [1.29, 1.82) is 0 Å². The second-order valence-corrected chi connectivity index (χ2v) is 17.3. The molecule has 0 aromatic carbocycles. The summed E-state index contributed by atoms with van der Waals surface area (Å²) in [4.78, 5) is 37.0. The van der Waals surface area contributed by atoms with Gasteiger partial charge >= 0.3 is 11.9 Å². The number of hydrogen-bond donors (Lipinski definition) is 0. The zero-order valence-corrected chi connectivity index (χ0v) is 40.3. The monoisotopic (exact) mass is 866 g/mol. The van der Waals surface area contributed by atoms with Crippen molar-refractivity contribution in [2.75, 3.05) is 41.0 Å². The molecule has 0 spiro atoms. The Kier molecular flexibility index (Phi) is 41.6. The van der Waals surface area contributed by atoms with Crippen LogP contribution in [0, 0.1) is 0 Å². The van der Waals surface area contributed by atoms with E-state index < -0.39 is 18.1 Å². The third-order valence-corrected chi connectivity index (χ3v) is 10.5. The van der Waals surface area contributed by atoms with Crippen LogP contribution in [-0.4, -0.2) is 75.5 Å². The van der Waals surface area contributed by atoms with E-state index in [4.69, 9.17) is 14.2 Å². The van der Waals surface area contributed by atoms with Crippen molar-refractivity contribution in [3.63, 3.8) is 0 Å². The van der Waals surface area contributed by atoms with E-state index >= 15 is 0 Å². The van der Waals surface area contributed by atoms with Crippen molar-refractivity contribution in [2.45, 2.75) is 199 Å². The molecule has 0 bridgehead atoms. The Morgan fingerprint density at radius 1 is 0.500 bits per heavy atom. The molecule has 2 atom stereocenters. The Balaban J connectivity index is 4.40. The SMILES string of the molecule is CC/C=C/C/C=C/C/C=C/C/C=C/C/C=C/C/C=C/C/C=C/CCCC(=O)OC(COCCC(C(=O)[O-])[N+](C)(C)C)COC(=O)CCCCCCCCCCCCCCCCC. The highest BCUT2D eigenvalue weighted by atomic mass is 16.6. The van der Waals surface area contributed by atoms with Crippen LogP contribution in [0.3, 0.4) is 0 Å². The van der Waals surface area contributed by atoms with Crippen molar-refractivity contribution >= 4 is 17.9 Å². The molecule has 8 heteroatoms. The van der Waals surface area contributed by atoms with E-state index in [2.05, 4.69) is 98.9 Å². The summed E-state index contributed by atoms with van der Waals surface area (Å²) in [6, 6.07) is -0.740. The normalized spacial score (nSPS) is 13.6. The van der Waals surface area contributed by atoms with Crippen molar-refractivity contribution in [2.24, 2.45) is 0 Å². The third kappa shape index (κ3) is 41.8. The van der Waals surface area contributed by atoms with Gasteiger partial charge in [-0.3, -0.25) is 9.59 Å². The van der Waals surface area contributed by atoms with Gasteiger partial charge in [-0.1, -0.05) is 189 Å². The quantitative estimate of drug-likeness (QED) is 0.0260. The van der Waals surface area contributed by atoms with Gasteiger partial charge in [0.2, 0.25) is 0 Å². The molecule has 62 heavy (non-hydrogen) atoms. The van der Waals surface area contributed by atoms with Gasteiger partial charge in [-0.2, -0.15) is 0 Å². The number of rotatable bonds is 43. The van der Waals surface area contributed by atoms with Gasteiger partial charge in [0.05, 0.1) is 40.3 Å². The Hall–Kier alpha value is -3.49. The summed E-state index contributed by atoms with van der Waals surface area (Å²) in [5.41, 5.74) is 0. The molecule has 0 aromatic rings. The van der Waals surface area contributed by atoms with E-state index in [-0.39, 0.29) is 49.1 Å². The number of carboxylic acid groups (broad SMARTS) is 1. The van der Waals surface area contributed by atoms with Crippen molar-refractivity contribution in [1.82, 2.24) is 0 Å². The summed E-state index contributed by atoms with van der Waals surface area (Å²) < 4.78 is 17.1. The van der Waals surface area contributed by atoms with Gasteiger partial charge in [-0.25, -0.2) is 0 Å². The van der Waals surface area contributed by atoms with Gasteiger partial charge in [0.1, 0.15) is 12.6 Å². The highest BCUT2D eigenvalue weighted by Gasteiger charge is 2.25. The summed E-state index contributed by atoms with van der Waals surface area (Å²) >= 11 is 0. The molecule has 0 saturated heterocycles. The zero-order valence-electron chi connectivity index (χ0n) is 40.3. The first-order valence-electron chi connectivity index (χ1n) is 24.6. The van der Waals surface area contributed by atoms with Crippen LogP contribution < -0.4 is 5.11 Å². The van der Waals surface area contributed by atoms with Crippen LogP contribution in [-0.2, 0) is 28.6 Å². The minimum atomic E-state index is -1.14. The largest absolute Gasteiger partial charge is 0.544 e. The third-order valence-electron chi connectivity index (χ3n) is 10.5. The number of likely N-dealkylation sites (N-methyl/N-ethyl adjacent to an activating group) is 1. The zero-order chi connectivity index (χ0) is 45.6. The van der Waals surface area contributed by atoms with E-state index in [0.29, 0.717) is 12.8 Å². The van der Waals surface area contributed by atoms with Crippen molar-refractivity contribution < 1.29 is 38.2 Å². The first-order chi connectivity index (χ1) is 30.1. The Bertz CT molecular complexity index is 1290. The van der Waals surface area contributed by atoms with Crippen molar-refractivity contribution in [3.05, 3.63) is 85.1 Å². The molecule has 0 fully saturated rings. The number of hydrogen-bond acceptors (Lipinski definition) is 7. The lowest BCUT2D eigenvalue weighted by molar-refractivity contribution is -0.889. The molecule has 0 amide bonds. The molecule has 354 valence electrons. The van der Waals surface area contributed by atoms with Crippen molar-refractivity contribution in [3.8, 4) is 0 Å². The highest BCUT2D eigenvalue weighted by molar-refractivity contribution is 5.70. The molecular weight excluding hydrogens is 775 g/mol. The molecular formula is C54H91NO7. The van der Waals surface area contributed by atoms with E-state index in [1.807, 2.05) is 0 Å². The molecule has 0 aromatic heterocycles. The molecule has 8 nitrogen and oxygen atoms in total. The average molecular weight is 866 g/mol. The van der Waals surface area contributed by atoms with Gasteiger partial charge in [-0.05, 0) is 64.2 Å². The fourth-order valence-electron chi connectivity index (χ4n) is 6.77. The van der Waals surface area contributed by atoms with Crippen LogP contribution >= 0.6 is 0 Å². The fourth-order valence-corrected chi connectivity index (χ4v) is 6.77. The van der Waals surface area contributed by atoms with E-state index in [0.717, 1.165) is 70.6 Å². The summed E-state index contributed by atoms with van der Waals surface area (Å²) in [7, 11) is 5.39. The molecule has 0 radical (unpaired) electrons. The van der Waals surface area contributed by atoms with Crippen LogP contribution in [0.15, 0.2) is 85.1 Å². The first kappa shape index (κ1) is 58.5. The van der Waals surface area contributed by atoms with Crippen LogP contribution in [0.25, 0.3) is 0 Å². The van der Waals surface area contributed by atoms with Gasteiger partial charge in [0.25, 0.3) is 0 Å². The minimum Gasteiger partial charge on any atom is -0.544 e. The molecule has 0 aliphatic heterocycles. The lowest BCUT2D eigenvalue weighted by Gasteiger charge is -2.34. The number of allylic oxidation sites excluding steroid dienone is 14. The lowest BCUT2D eigenvalue weighted by Crippen LogP contribution is -2.55. The summed E-state index contributed by atoms with van der Waals surface area (Å²) in [5.74, 6) is -1.82. The maximum Gasteiger partial charge on any atom is 0.306 e. The number of nitrogens with zero attached hydrogens (tertiary/aromatic N) is 1. The summed E-state index contributed by atoms with van der Waals surface area (Å²) in [6.45, 7) is 4.49. The number of carbonyl (C=O) groups is 3. The van der Waals surface area contributed by atoms with Gasteiger partial charge in [0, 0.05) is 19.3 Å². The van der Waals surface area contributed by atoms with E-state index in [9.17, 15) is 19.5 Å². The Morgan fingerprint density at radius 3 is 1.32 bits per heavy atom. The molecule has 0 aliphatic carbocycles. The molecule has 0 aliphatic rings. The van der Waals surface area contributed by atoms with Gasteiger partial charge in [-0.15, -0.1) is 0 Å². The molecule has 0 rings (SSSR count). The predicted octanol–water partition coefficient (Wildman–Crippen LogP) is 12.7. The van der Waals surface area contributed by atoms with Gasteiger partial charge in [0.15, 0.2) is 6.10 Å². The molecule has 2 unspecified atom stereocenters. The first-order valence-corrected chi connectivity index (χ1v) is 24.6. The maximum atomic E-state index is 12.7. The second-order valence-electron chi connectivity index (χ2n) is 17.3. The highest BCUT2D eigenvalue weighted by Crippen LogP contribution is 2.15. The second kappa shape index (κ2) is 44.1. The Morgan fingerprint density at radius 2 is 0.903 bits per heavy atom. The number of carbonyl (C=O) groups excluding carboxylic acids is 3. The standard InChI is InChI=1S/C54H91NO7/c1-6-8-10-12-14-16-18-20-22-23-24-25-26-27-28-29-31-33-35-37-39-41-43-45-53(57)62-50(48-60-47-46-51(54(58)59)55(3,4)5)49-61-52(56)44-42-40-38-36-34-32-30-21-19-17-15-13-11-9-7-2/h8,10,14,16,20,22,24-25,27-28,31,33,37,39,50-51H,6-7,9,11-13,15,17-19,21,23,26,29-30,32,34-36,38,40-49H2,1-5H3/b10-8+,16-14+,22-20+,25-24+,28-27+,33-31+,39-37+. The summed E-state index contributed by atoms with van der Waals surface area (Å²) in [5, 5.41) is 11.6. The van der Waals surface area contributed by atoms with E-state index in [1.54, 1.807) is 21.1 Å². The minimum absolute atomic E-state index is 0.0146. The number of aliphatic carboxylic acids is 1. The topological polar surface area (TPSA) is 102 Å². The van der Waals surface area contributed by atoms with Crippen LogP contribution in [0.5, 0.6) is 0 Å². The smallest absolute Gasteiger partial charge is 0.306 e. The van der Waals surface area contributed by atoms with Gasteiger partial charge < -0.3 is 28.6 Å². The van der Waals surface area contributed by atoms with Crippen LogP contribution in [0.2, 0.25) is 0 Å². The Labute approximate surface area is 380 Å². The fraction of sp³-hybridized carbons (Fsp3) is 0.685. The lowest BCUT2D eigenvalue weighted by atomic mass is 10.0. The number of esters is 2. The summed E-state index contributed by atoms with van der Waals surface area (Å²) in [6.07, 6.45) is 57.6. The number of carboxylic acids is 1. The number of unbranched alkanes of at least 4 members (excludes halogenated alkanes) is 15. The molecule has 0 N–H and O–H groups in total. The number of ether oxygens (including phenoxy) is 3. The maximum absolute atomic E-state index is 12.7. The van der Waals surface area contributed by atoms with E-state index in [1.165, 1.54) is 77.0 Å².